The van der Waals surface area contributed by atoms with Crippen LogP contribution in [0.5, 0.6) is 11.5 Å². The summed E-state index contributed by atoms with van der Waals surface area (Å²) in [6.07, 6.45) is 1.54. The summed E-state index contributed by atoms with van der Waals surface area (Å²) in [6, 6.07) is 13.3. The lowest BCUT2D eigenvalue weighted by atomic mass is 10.0. The third-order valence-electron chi connectivity index (χ3n) is 4.87. The average molecular weight is 435 g/mol. The number of allylic oxidation sites excluding steroid dienone is 1. The largest absolute Gasteiger partial charge is 0.462 e. The zero-order valence-corrected chi connectivity index (χ0v) is 17.3. The van der Waals surface area contributed by atoms with E-state index in [0.717, 1.165) is 5.76 Å². The van der Waals surface area contributed by atoms with Gasteiger partial charge in [0, 0.05) is 22.6 Å². The molecule has 3 heterocycles. The van der Waals surface area contributed by atoms with Crippen LogP contribution in [0.1, 0.15) is 38.0 Å². The van der Waals surface area contributed by atoms with E-state index < -0.39 is 5.97 Å². The van der Waals surface area contributed by atoms with Gasteiger partial charge in [-0.05, 0) is 61.9 Å². The minimum atomic E-state index is -0.669. The molecular formula is C24H15ClO6. The van der Waals surface area contributed by atoms with Crippen LogP contribution >= 0.6 is 11.6 Å². The van der Waals surface area contributed by atoms with Crippen molar-refractivity contribution in [1.82, 2.24) is 0 Å². The van der Waals surface area contributed by atoms with Crippen LogP contribution < -0.4 is 9.47 Å². The molecule has 0 bridgehead atoms. The number of fused-ring (bicyclic) bond motifs is 2. The van der Waals surface area contributed by atoms with Crippen molar-refractivity contribution in [3.8, 4) is 11.5 Å². The molecule has 31 heavy (non-hydrogen) atoms. The van der Waals surface area contributed by atoms with Crippen LogP contribution in [0, 0.1) is 13.8 Å². The average Bonchev–Trinajstić information content (AvgIpc) is 3.39. The Morgan fingerprint density at radius 3 is 2.65 bits per heavy atom. The van der Waals surface area contributed by atoms with Crippen molar-refractivity contribution < 1.29 is 27.9 Å². The van der Waals surface area contributed by atoms with E-state index in [1.54, 1.807) is 55.5 Å². The molecule has 0 aliphatic carbocycles. The second-order valence-corrected chi connectivity index (χ2v) is 7.62. The highest BCUT2D eigenvalue weighted by Crippen LogP contribution is 2.38. The molecule has 0 radical (unpaired) electrons. The molecule has 0 amide bonds. The van der Waals surface area contributed by atoms with Crippen molar-refractivity contribution in [2.45, 2.75) is 13.8 Å². The van der Waals surface area contributed by atoms with Gasteiger partial charge in [-0.2, -0.15) is 0 Å². The van der Waals surface area contributed by atoms with E-state index in [0.29, 0.717) is 38.6 Å². The third kappa shape index (κ3) is 3.51. The van der Waals surface area contributed by atoms with Gasteiger partial charge in [0.15, 0.2) is 5.76 Å². The molecule has 6 nitrogen and oxygen atoms in total. The molecule has 0 N–H and O–H groups in total. The van der Waals surface area contributed by atoms with Gasteiger partial charge >= 0.3 is 5.97 Å². The van der Waals surface area contributed by atoms with Gasteiger partial charge in [0.2, 0.25) is 11.5 Å². The van der Waals surface area contributed by atoms with Crippen LogP contribution in [0.3, 0.4) is 0 Å². The van der Waals surface area contributed by atoms with E-state index in [2.05, 4.69) is 0 Å². The van der Waals surface area contributed by atoms with Gasteiger partial charge in [0.25, 0.3) is 0 Å². The maximum Gasteiger partial charge on any atom is 0.379 e. The van der Waals surface area contributed by atoms with Gasteiger partial charge in [-0.15, -0.1) is 0 Å². The zero-order chi connectivity index (χ0) is 21.7. The van der Waals surface area contributed by atoms with Crippen LogP contribution in [-0.2, 0) is 0 Å². The number of hydrogen-bond acceptors (Lipinski definition) is 6. The molecule has 2 aromatic heterocycles. The molecule has 0 atom stereocenters. The summed E-state index contributed by atoms with van der Waals surface area (Å²) in [5.41, 5.74) is 1.58. The number of hydrogen-bond donors (Lipinski definition) is 0. The quantitative estimate of drug-likeness (QED) is 0.219. The lowest BCUT2D eigenvalue weighted by molar-refractivity contribution is 0.0703. The van der Waals surface area contributed by atoms with Crippen LogP contribution in [0.4, 0.5) is 0 Å². The SMILES string of the molecule is Cc1ccc(/C=C2\Oc3cc(OC(=O)c4cc5cc(Cl)ccc5o4)cc(C)c3C2=O)o1. The van der Waals surface area contributed by atoms with Crippen molar-refractivity contribution >= 4 is 40.4 Å². The first-order valence-corrected chi connectivity index (χ1v) is 9.82. The highest BCUT2D eigenvalue weighted by Gasteiger charge is 2.31. The van der Waals surface area contributed by atoms with Gasteiger partial charge in [-0.3, -0.25) is 4.79 Å². The summed E-state index contributed by atoms with van der Waals surface area (Å²) < 4.78 is 22.2. The maximum atomic E-state index is 12.7. The summed E-state index contributed by atoms with van der Waals surface area (Å²) in [7, 11) is 0. The molecule has 154 valence electrons. The standard InChI is InChI=1S/C24H15ClO6/c1-12-7-17(29-24(27)21-9-14-8-15(25)4-6-18(14)30-21)11-19-22(12)23(26)20(31-19)10-16-5-3-13(2)28-16/h3-11H,1-2H3/b20-10-. The predicted molar refractivity (Wildman–Crippen MR) is 114 cm³/mol. The molecular weight excluding hydrogens is 420 g/mol. The normalized spacial score (nSPS) is 14.2. The Hall–Kier alpha value is -3.77. The number of esters is 1. The monoisotopic (exact) mass is 434 g/mol. The van der Waals surface area contributed by atoms with Gasteiger partial charge in [0.1, 0.15) is 28.6 Å². The Morgan fingerprint density at radius 2 is 1.87 bits per heavy atom. The van der Waals surface area contributed by atoms with Gasteiger partial charge in [-0.25, -0.2) is 4.79 Å². The summed E-state index contributed by atoms with van der Waals surface area (Å²) in [5.74, 6) is 1.06. The molecule has 0 saturated heterocycles. The van der Waals surface area contributed by atoms with Crippen LogP contribution in [0.2, 0.25) is 5.02 Å². The Bertz CT molecular complexity index is 1400. The van der Waals surface area contributed by atoms with E-state index >= 15 is 0 Å². The van der Waals surface area contributed by atoms with Crippen LogP contribution in [0.25, 0.3) is 17.0 Å². The Morgan fingerprint density at radius 1 is 1.03 bits per heavy atom. The lowest BCUT2D eigenvalue weighted by Gasteiger charge is -2.06. The van der Waals surface area contributed by atoms with Crippen molar-refractivity contribution in [3.63, 3.8) is 0 Å². The van der Waals surface area contributed by atoms with Gasteiger partial charge in [-0.1, -0.05) is 11.6 Å². The lowest BCUT2D eigenvalue weighted by Crippen LogP contribution is -2.07. The number of carbonyl (C=O) groups is 2. The molecule has 4 aromatic rings. The Balaban J connectivity index is 1.42. The first-order valence-electron chi connectivity index (χ1n) is 9.44. The summed E-state index contributed by atoms with van der Waals surface area (Å²) in [4.78, 5) is 25.3. The number of furan rings is 2. The fourth-order valence-electron chi connectivity index (χ4n) is 3.47. The summed E-state index contributed by atoms with van der Waals surface area (Å²) in [6.45, 7) is 3.57. The number of carbonyl (C=O) groups excluding carboxylic acids is 2. The van der Waals surface area contributed by atoms with E-state index in [1.807, 2.05) is 6.92 Å². The second-order valence-electron chi connectivity index (χ2n) is 7.18. The smallest absolute Gasteiger partial charge is 0.379 e. The summed E-state index contributed by atoms with van der Waals surface area (Å²) >= 11 is 5.97. The Kier molecular flexibility index (Phi) is 4.45. The number of ether oxygens (including phenoxy) is 2. The fourth-order valence-corrected chi connectivity index (χ4v) is 3.65. The van der Waals surface area contributed by atoms with Crippen molar-refractivity contribution in [1.29, 1.82) is 0 Å². The van der Waals surface area contributed by atoms with E-state index in [4.69, 9.17) is 29.9 Å². The van der Waals surface area contributed by atoms with Crippen LogP contribution in [0.15, 0.2) is 63.1 Å². The molecule has 0 saturated carbocycles. The van der Waals surface area contributed by atoms with E-state index in [9.17, 15) is 9.59 Å². The number of halogens is 1. The number of rotatable bonds is 3. The molecule has 1 aliphatic rings. The molecule has 0 fully saturated rings. The highest BCUT2D eigenvalue weighted by atomic mass is 35.5. The van der Waals surface area contributed by atoms with Crippen molar-refractivity contribution in [2.24, 2.45) is 0 Å². The molecule has 1 aliphatic heterocycles. The van der Waals surface area contributed by atoms with Crippen molar-refractivity contribution in [2.75, 3.05) is 0 Å². The first kappa shape index (κ1) is 19.2. The van der Waals surface area contributed by atoms with Crippen molar-refractivity contribution in [3.05, 3.63) is 87.7 Å². The maximum absolute atomic E-state index is 12.7. The molecule has 0 spiro atoms. The minimum absolute atomic E-state index is 0.0428. The number of Topliss-reactive ketones (excluding diaryl/α,β-unsaturated/α-hetero) is 1. The van der Waals surface area contributed by atoms with Gasteiger partial charge in [0.05, 0.1) is 5.56 Å². The predicted octanol–water partition coefficient (Wildman–Crippen LogP) is 6.13. The highest BCUT2D eigenvalue weighted by molar-refractivity contribution is 6.31. The number of aryl methyl sites for hydroxylation is 2. The second kappa shape index (κ2) is 7.18. The van der Waals surface area contributed by atoms with Crippen LogP contribution in [-0.4, -0.2) is 11.8 Å². The minimum Gasteiger partial charge on any atom is -0.462 e. The molecule has 7 heteroatoms. The third-order valence-corrected chi connectivity index (χ3v) is 5.10. The molecule has 5 rings (SSSR count). The first-order chi connectivity index (χ1) is 14.9. The van der Waals surface area contributed by atoms with Gasteiger partial charge < -0.3 is 18.3 Å². The summed E-state index contributed by atoms with van der Waals surface area (Å²) in [5, 5.41) is 1.24. The Labute approximate surface area is 181 Å². The fraction of sp³-hybridized carbons (Fsp3) is 0.0833. The number of benzene rings is 2. The topological polar surface area (TPSA) is 78.9 Å². The molecule has 2 aromatic carbocycles. The zero-order valence-electron chi connectivity index (χ0n) is 16.5. The number of ketones is 1. The molecule has 0 unspecified atom stereocenters. The van der Waals surface area contributed by atoms with E-state index in [-0.39, 0.29) is 23.1 Å². The van der Waals surface area contributed by atoms with E-state index in [1.165, 1.54) is 6.07 Å².